The summed E-state index contributed by atoms with van der Waals surface area (Å²) in [5.41, 5.74) is 4.05. The highest BCUT2D eigenvalue weighted by molar-refractivity contribution is 6.28. The van der Waals surface area contributed by atoms with E-state index < -0.39 is 0 Å². The van der Waals surface area contributed by atoms with Crippen LogP contribution in [0, 0.1) is 13.8 Å². The molecule has 1 heterocycles. The Balaban J connectivity index is 2.48. The van der Waals surface area contributed by atoms with E-state index in [-0.39, 0.29) is 5.28 Å². The van der Waals surface area contributed by atoms with Crippen LogP contribution >= 0.6 is 11.6 Å². The fourth-order valence-corrected chi connectivity index (χ4v) is 2.11. The van der Waals surface area contributed by atoms with Crippen molar-refractivity contribution in [3.8, 4) is 17.0 Å². The molecular formula is C14H15ClN2O. The Morgan fingerprint density at radius 3 is 2.44 bits per heavy atom. The Hall–Kier alpha value is -1.61. The molecule has 2 aromatic rings. The molecule has 0 fully saturated rings. The minimum absolute atomic E-state index is 0.261. The molecule has 0 N–H and O–H groups in total. The van der Waals surface area contributed by atoms with Crippen LogP contribution < -0.4 is 4.74 Å². The van der Waals surface area contributed by atoms with Crippen molar-refractivity contribution in [3.63, 3.8) is 0 Å². The first-order valence-corrected chi connectivity index (χ1v) is 6.22. The van der Waals surface area contributed by atoms with Gasteiger partial charge in [0.1, 0.15) is 5.75 Å². The number of rotatable bonds is 3. The molecule has 0 saturated carbocycles. The lowest BCUT2D eigenvalue weighted by molar-refractivity contribution is 0.335. The number of aromatic nitrogens is 2. The molecule has 0 atom stereocenters. The van der Waals surface area contributed by atoms with E-state index in [4.69, 9.17) is 16.3 Å². The monoisotopic (exact) mass is 262 g/mol. The Morgan fingerprint density at radius 2 is 1.89 bits per heavy atom. The van der Waals surface area contributed by atoms with Gasteiger partial charge in [-0.3, -0.25) is 0 Å². The van der Waals surface area contributed by atoms with Crippen LogP contribution in [-0.4, -0.2) is 16.6 Å². The van der Waals surface area contributed by atoms with Crippen molar-refractivity contribution in [1.29, 1.82) is 0 Å². The standard InChI is InChI=1S/C14H15ClN2O/c1-4-18-13-9(2)7-11(8-10(13)3)12-5-6-16-14(15)17-12/h5-8H,4H2,1-3H3. The average Bonchev–Trinajstić information content (AvgIpc) is 2.33. The summed E-state index contributed by atoms with van der Waals surface area (Å²) >= 11 is 5.81. The fourth-order valence-electron chi connectivity index (χ4n) is 1.97. The molecule has 0 amide bonds. The molecule has 0 aliphatic heterocycles. The van der Waals surface area contributed by atoms with Crippen molar-refractivity contribution in [2.75, 3.05) is 6.61 Å². The minimum Gasteiger partial charge on any atom is -0.493 e. The molecule has 0 radical (unpaired) electrons. The topological polar surface area (TPSA) is 35.0 Å². The molecule has 1 aromatic heterocycles. The summed E-state index contributed by atoms with van der Waals surface area (Å²) in [4.78, 5) is 8.10. The molecule has 3 nitrogen and oxygen atoms in total. The van der Waals surface area contributed by atoms with Crippen LogP contribution in [0.2, 0.25) is 5.28 Å². The van der Waals surface area contributed by atoms with Gasteiger partial charge in [-0.15, -0.1) is 0 Å². The summed E-state index contributed by atoms with van der Waals surface area (Å²) in [7, 11) is 0. The van der Waals surface area contributed by atoms with Gasteiger partial charge in [-0.1, -0.05) is 0 Å². The molecule has 4 heteroatoms. The zero-order valence-corrected chi connectivity index (χ0v) is 11.5. The van der Waals surface area contributed by atoms with E-state index in [9.17, 15) is 0 Å². The average molecular weight is 263 g/mol. The third-order valence-electron chi connectivity index (χ3n) is 2.67. The van der Waals surface area contributed by atoms with Crippen LogP contribution in [0.4, 0.5) is 0 Å². The van der Waals surface area contributed by atoms with Gasteiger partial charge in [0.15, 0.2) is 0 Å². The van der Waals surface area contributed by atoms with Gasteiger partial charge in [0, 0.05) is 11.8 Å². The second-order valence-electron chi connectivity index (χ2n) is 4.08. The normalized spacial score (nSPS) is 10.4. The van der Waals surface area contributed by atoms with Gasteiger partial charge in [-0.25, -0.2) is 9.97 Å². The van der Waals surface area contributed by atoms with E-state index in [0.29, 0.717) is 6.61 Å². The molecule has 94 valence electrons. The van der Waals surface area contributed by atoms with E-state index in [0.717, 1.165) is 28.1 Å². The lowest BCUT2D eigenvalue weighted by atomic mass is 10.0. The Labute approximate surface area is 112 Å². The van der Waals surface area contributed by atoms with E-state index in [1.807, 2.05) is 26.8 Å². The maximum absolute atomic E-state index is 5.81. The highest BCUT2D eigenvalue weighted by Crippen LogP contribution is 2.29. The van der Waals surface area contributed by atoms with Crippen LogP contribution in [0.3, 0.4) is 0 Å². The largest absolute Gasteiger partial charge is 0.493 e. The zero-order valence-electron chi connectivity index (χ0n) is 10.7. The first-order valence-electron chi connectivity index (χ1n) is 5.84. The van der Waals surface area contributed by atoms with Crippen LogP contribution in [0.15, 0.2) is 24.4 Å². The smallest absolute Gasteiger partial charge is 0.222 e. The quantitative estimate of drug-likeness (QED) is 0.789. The third kappa shape index (κ3) is 2.62. The number of aryl methyl sites for hydroxylation is 2. The summed E-state index contributed by atoms with van der Waals surface area (Å²) in [6.07, 6.45) is 1.66. The maximum Gasteiger partial charge on any atom is 0.222 e. The fraction of sp³-hybridized carbons (Fsp3) is 0.286. The van der Waals surface area contributed by atoms with Gasteiger partial charge in [0.2, 0.25) is 5.28 Å². The first-order chi connectivity index (χ1) is 8.61. The van der Waals surface area contributed by atoms with Crippen molar-refractivity contribution in [3.05, 3.63) is 40.8 Å². The van der Waals surface area contributed by atoms with E-state index in [1.54, 1.807) is 6.20 Å². The van der Waals surface area contributed by atoms with Crippen molar-refractivity contribution >= 4 is 11.6 Å². The van der Waals surface area contributed by atoms with Gasteiger partial charge < -0.3 is 4.74 Å². The molecule has 0 aliphatic carbocycles. The lowest BCUT2D eigenvalue weighted by Gasteiger charge is -2.12. The molecular weight excluding hydrogens is 248 g/mol. The zero-order chi connectivity index (χ0) is 13.1. The highest BCUT2D eigenvalue weighted by atomic mass is 35.5. The molecule has 18 heavy (non-hydrogen) atoms. The van der Waals surface area contributed by atoms with E-state index in [2.05, 4.69) is 22.1 Å². The first kappa shape index (κ1) is 12.8. The van der Waals surface area contributed by atoms with Crippen LogP contribution in [0.25, 0.3) is 11.3 Å². The number of nitrogens with zero attached hydrogens (tertiary/aromatic N) is 2. The highest BCUT2D eigenvalue weighted by Gasteiger charge is 2.08. The van der Waals surface area contributed by atoms with Crippen LogP contribution in [0.1, 0.15) is 18.1 Å². The number of hydrogen-bond acceptors (Lipinski definition) is 3. The van der Waals surface area contributed by atoms with Gasteiger partial charge >= 0.3 is 0 Å². The summed E-state index contributed by atoms with van der Waals surface area (Å²) < 4.78 is 5.62. The summed E-state index contributed by atoms with van der Waals surface area (Å²) in [6.45, 7) is 6.71. The van der Waals surface area contributed by atoms with Gasteiger partial charge in [-0.05, 0) is 61.7 Å². The SMILES string of the molecule is CCOc1c(C)cc(-c2ccnc(Cl)n2)cc1C. The van der Waals surface area contributed by atoms with Crippen LogP contribution in [-0.2, 0) is 0 Å². The lowest BCUT2D eigenvalue weighted by Crippen LogP contribution is -1.97. The Bertz CT molecular complexity index is 546. The Morgan fingerprint density at radius 1 is 1.22 bits per heavy atom. The van der Waals surface area contributed by atoms with Gasteiger partial charge in [-0.2, -0.15) is 0 Å². The minimum atomic E-state index is 0.261. The van der Waals surface area contributed by atoms with Crippen molar-refractivity contribution in [2.24, 2.45) is 0 Å². The van der Waals surface area contributed by atoms with E-state index in [1.165, 1.54) is 0 Å². The van der Waals surface area contributed by atoms with Crippen molar-refractivity contribution < 1.29 is 4.74 Å². The molecule has 0 spiro atoms. The second-order valence-corrected chi connectivity index (χ2v) is 4.42. The molecule has 0 bridgehead atoms. The van der Waals surface area contributed by atoms with Crippen molar-refractivity contribution in [1.82, 2.24) is 9.97 Å². The molecule has 0 unspecified atom stereocenters. The molecule has 0 aliphatic rings. The molecule has 2 rings (SSSR count). The number of ether oxygens (including phenoxy) is 1. The summed E-state index contributed by atoms with van der Waals surface area (Å²) in [6, 6.07) is 5.95. The third-order valence-corrected chi connectivity index (χ3v) is 2.85. The second kappa shape index (κ2) is 5.36. The van der Waals surface area contributed by atoms with Crippen molar-refractivity contribution in [2.45, 2.75) is 20.8 Å². The number of hydrogen-bond donors (Lipinski definition) is 0. The van der Waals surface area contributed by atoms with Gasteiger partial charge in [0.25, 0.3) is 0 Å². The number of benzene rings is 1. The van der Waals surface area contributed by atoms with Crippen LogP contribution in [0.5, 0.6) is 5.75 Å². The molecule has 0 saturated heterocycles. The summed E-state index contributed by atoms with van der Waals surface area (Å²) in [5.74, 6) is 0.946. The maximum atomic E-state index is 5.81. The number of halogens is 1. The van der Waals surface area contributed by atoms with E-state index >= 15 is 0 Å². The molecule has 1 aromatic carbocycles. The predicted octanol–water partition coefficient (Wildman–Crippen LogP) is 3.81. The predicted molar refractivity (Wildman–Crippen MR) is 73.1 cm³/mol. The van der Waals surface area contributed by atoms with Gasteiger partial charge in [0.05, 0.1) is 12.3 Å². The summed E-state index contributed by atoms with van der Waals surface area (Å²) in [5, 5.41) is 0.261. The Kier molecular flexibility index (Phi) is 3.82.